The van der Waals surface area contributed by atoms with Crippen LogP contribution in [0.25, 0.3) is 10.7 Å². The Kier molecular flexibility index (Phi) is 7.26. The minimum atomic E-state index is -0.161. The lowest BCUT2D eigenvalue weighted by Gasteiger charge is -2.19. The molecule has 1 aliphatic carbocycles. The van der Waals surface area contributed by atoms with E-state index in [-0.39, 0.29) is 18.1 Å². The molecule has 0 radical (unpaired) electrons. The van der Waals surface area contributed by atoms with Gasteiger partial charge in [0.25, 0.3) is 0 Å². The summed E-state index contributed by atoms with van der Waals surface area (Å²) in [6.07, 6.45) is 5.18. The number of benzene rings is 1. The van der Waals surface area contributed by atoms with Gasteiger partial charge in [-0.15, -0.1) is 11.3 Å². The van der Waals surface area contributed by atoms with Crippen LogP contribution in [0.5, 0.6) is 11.5 Å². The van der Waals surface area contributed by atoms with E-state index in [1.165, 1.54) is 12.8 Å². The molecule has 3 aromatic rings. The van der Waals surface area contributed by atoms with Gasteiger partial charge in [0, 0.05) is 13.0 Å². The molecule has 32 heavy (non-hydrogen) atoms. The van der Waals surface area contributed by atoms with Crippen molar-refractivity contribution in [3.63, 3.8) is 0 Å². The fraction of sp³-hybridized carbons (Fsp3) is 0.435. The topological polar surface area (TPSA) is 81.2 Å². The molecule has 1 saturated carbocycles. The molecular formula is C23H28N4O3S2. The highest BCUT2D eigenvalue weighted by molar-refractivity contribution is 7.71. The number of ether oxygens (including phenoxy) is 2. The molecule has 0 saturated heterocycles. The number of thiophene rings is 1. The molecule has 9 heteroatoms. The number of rotatable bonds is 9. The maximum atomic E-state index is 12.6. The van der Waals surface area contributed by atoms with Crippen molar-refractivity contribution < 1.29 is 14.3 Å². The van der Waals surface area contributed by atoms with Gasteiger partial charge in [-0.2, -0.15) is 5.10 Å². The molecule has 7 nitrogen and oxygen atoms in total. The lowest BCUT2D eigenvalue weighted by Crippen LogP contribution is -2.27. The monoisotopic (exact) mass is 472 g/mol. The molecule has 1 aliphatic rings. The number of nitrogens with one attached hydrogen (secondary N) is 2. The van der Waals surface area contributed by atoms with Crippen LogP contribution in [0.2, 0.25) is 0 Å². The second-order valence-corrected chi connectivity index (χ2v) is 9.29. The van der Waals surface area contributed by atoms with Crippen LogP contribution in [0.1, 0.15) is 50.6 Å². The first-order valence-electron chi connectivity index (χ1n) is 10.9. The van der Waals surface area contributed by atoms with E-state index in [4.69, 9.17) is 21.7 Å². The van der Waals surface area contributed by atoms with Crippen molar-refractivity contribution >= 4 is 29.5 Å². The Morgan fingerprint density at radius 1 is 1.34 bits per heavy atom. The maximum Gasteiger partial charge on any atom is 0.222 e. The molecule has 1 aromatic carbocycles. The molecule has 2 N–H and O–H groups in total. The molecule has 0 bridgehead atoms. The van der Waals surface area contributed by atoms with E-state index in [9.17, 15) is 4.79 Å². The standard InChI is InChI=1S/C23H28N4O3S2/c1-15(16-9-10-18(19(14-16)29-2)30-17-6-3-4-7-17)24-21(28)11-12-27-22(25-26-23(27)31)20-8-5-13-32-20/h5,8-10,13-15,17H,3-4,6-7,11-12H2,1-2H3,(H,24,28)(H,26,31). The first kappa shape index (κ1) is 22.5. The molecule has 0 spiro atoms. The molecule has 1 amide bonds. The molecule has 1 unspecified atom stereocenters. The zero-order valence-electron chi connectivity index (χ0n) is 18.3. The van der Waals surface area contributed by atoms with Crippen LogP contribution in [0.15, 0.2) is 35.7 Å². The summed E-state index contributed by atoms with van der Waals surface area (Å²) >= 11 is 6.93. The van der Waals surface area contributed by atoms with Crippen LogP contribution in [0.4, 0.5) is 0 Å². The lowest BCUT2D eigenvalue weighted by molar-refractivity contribution is -0.121. The zero-order chi connectivity index (χ0) is 22.5. The Hall–Kier alpha value is -2.65. The summed E-state index contributed by atoms with van der Waals surface area (Å²) in [5.74, 6) is 2.16. The van der Waals surface area contributed by atoms with Gasteiger partial charge in [0.2, 0.25) is 5.91 Å². The summed E-state index contributed by atoms with van der Waals surface area (Å²) in [5, 5.41) is 12.2. The molecule has 1 fully saturated rings. The van der Waals surface area contributed by atoms with Crippen molar-refractivity contribution in [1.82, 2.24) is 20.1 Å². The highest BCUT2D eigenvalue weighted by atomic mass is 32.1. The normalized spacial score (nSPS) is 14.9. The van der Waals surface area contributed by atoms with Gasteiger partial charge in [-0.25, -0.2) is 0 Å². The van der Waals surface area contributed by atoms with E-state index in [0.29, 0.717) is 23.5 Å². The lowest BCUT2D eigenvalue weighted by atomic mass is 10.1. The summed E-state index contributed by atoms with van der Waals surface area (Å²) in [5.41, 5.74) is 0.966. The van der Waals surface area contributed by atoms with Gasteiger partial charge in [0.15, 0.2) is 22.1 Å². The van der Waals surface area contributed by atoms with Crippen LogP contribution in [0.3, 0.4) is 0 Å². The minimum Gasteiger partial charge on any atom is -0.493 e. The van der Waals surface area contributed by atoms with Gasteiger partial charge < -0.3 is 14.8 Å². The number of hydrogen-bond acceptors (Lipinski definition) is 6. The van der Waals surface area contributed by atoms with Crippen molar-refractivity contribution in [2.45, 2.75) is 57.7 Å². The second kappa shape index (κ2) is 10.3. The van der Waals surface area contributed by atoms with Gasteiger partial charge in [0.1, 0.15) is 0 Å². The number of H-pyrrole nitrogens is 1. The molecule has 0 aliphatic heterocycles. The van der Waals surface area contributed by atoms with Crippen LogP contribution < -0.4 is 14.8 Å². The van der Waals surface area contributed by atoms with E-state index in [2.05, 4.69) is 15.5 Å². The Balaban J connectivity index is 1.37. The SMILES string of the molecule is COc1cc(C(C)NC(=O)CCn2c(-c3cccs3)n[nH]c2=S)ccc1OC1CCCC1. The van der Waals surface area contributed by atoms with Crippen LogP contribution in [-0.4, -0.2) is 33.9 Å². The number of hydrogen-bond donors (Lipinski definition) is 2. The number of methoxy groups -OCH3 is 1. The minimum absolute atomic E-state index is 0.0528. The van der Waals surface area contributed by atoms with Crippen molar-refractivity contribution in [2.75, 3.05) is 7.11 Å². The fourth-order valence-electron chi connectivity index (χ4n) is 3.97. The number of carbonyl (C=O) groups excluding carboxylic acids is 1. The van der Waals surface area contributed by atoms with Gasteiger partial charge in [-0.05, 0) is 74.0 Å². The van der Waals surface area contributed by atoms with E-state index < -0.39 is 0 Å². The van der Waals surface area contributed by atoms with Gasteiger partial charge in [-0.3, -0.25) is 14.5 Å². The quantitative estimate of drug-likeness (QED) is 0.415. The smallest absolute Gasteiger partial charge is 0.222 e. The molecule has 4 rings (SSSR count). The van der Waals surface area contributed by atoms with Crippen LogP contribution in [-0.2, 0) is 11.3 Å². The van der Waals surface area contributed by atoms with E-state index in [1.54, 1.807) is 18.4 Å². The number of aromatic amines is 1. The second-order valence-electron chi connectivity index (χ2n) is 7.96. The predicted octanol–water partition coefficient (Wildman–Crippen LogP) is 5.27. The number of nitrogens with zero attached hydrogens (tertiary/aromatic N) is 2. The number of amides is 1. The van der Waals surface area contributed by atoms with Gasteiger partial charge in [0.05, 0.1) is 24.1 Å². The van der Waals surface area contributed by atoms with Crippen molar-refractivity contribution in [2.24, 2.45) is 0 Å². The molecule has 2 heterocycles. The largest absolute Gasteiger partial charge is 0.493 e. The van der Waals surface area contributed by atoms with Crippen molar-refractivity contribution in [3.05, 3.63) is 46.0 Å². The third kappa shape index (κ3) is 5.21. The summed E-state index contributed by atoms with van der Waals surface area (Å²) in [7, 11) is 1.64. The zero-order valence-corrected chi connectivity index (χ0v) is 19.9. The third-order valence-electron chi connectivity index (χ3n) is 5.72. The van der Waals surface area contributed by atoms with Crippen molar-refractivity contribution in [1.29, 1.82) is 0 Å². The number of carbonyl (C=O) groups is 1. The van der Waals surface area contributed by atoms with Gasteiger partial charge in [-0.1, -0.05) is 12.1 Å². The van der Waals surface area contributed by atoms with Crippen molar-refractivity contribution in [3.8, 4) is 22.2 Å². The first-order valence-corrected chi connectivity index (χ1v) is 12.2. The summed E-state index contributed by atoms with van der Waals surface area (Å²) in [4.78, 5) is 13.7. The Labute approximate surface area is 196 Å². The fourth-order valence-corrected chi connectivity index (χ4v) is 4.91. The Bertz CT molecular complexity index is 1100. The summed E-state index contributed by atoms with van der Waals surface area (Å²) < 4.78 is 14.0. The van der Waals surface area contributed by atoms with Gasteiger partial charge >= 0.3 is 0 Å². The summed E-state index contributed by atoms with van der Waals surface area (Å²) in [6.45, 7) is 2.42. The highest BCUT2D eigenvalue weighted by Gasteiger charge is 2.20. The molecular weight excluding hydrogens is 444 g/mol. The van der Waals surface area contributed by atoms with Crippen LogP contribution >= 0.6 is 23.6 Å². The molecule has 170 valence electrons. The highest BCUT2D eigenvalue weighted by Crippen LogP contribution is 2.33. The first-order chi connectivity index (χ1) is 15.5. The average Bonchev–Trinajstić information content (AvgIpc) is 3.55. The van der Waals surface area contributed by atoms with Crippen LogP contribution in [0, 0.1) is 4.77 Å². The maximum absolute atomic E-state index is 12.6. The Morgan fingerprint density at radius 2 is 2.16 bits per heavy atom. The average molecular weight is 473 g/mol. The Morgan fingerprint density at radius 3 is 2.88 bits per heavy atom. The summed E-state index contributed by atoms with van der Waals surface area (Å²) in [6, 6.07) is 9.66. The third-order valence-corrected chi connectivity index (χ3v) is 6.90. The van der Waals surface area contributed by atoms with E-state index in [1.807, 2.05) is 47.2 Å². The van der Waals surface area contributed by atoms with E-state index >= 15 is 0 Å². The number of aromatic nitrogens is 3. The predicted molar refractivity (Wildman–Crippen MR) is 128 cm³/mol. The molecule has 1 atom stereocenters. The molecule has 2 aromatic heterocycles. The van der Waals surface area contributed by atoms with E-state index in [0.717, 1.165) is 34.9 Å².